The summed E-state index contributed by atoms with van der Waals surface area (Å²) in [6, 6.07) is 24.9. The molecule has 4 heteroatoms. The van der Waals surface area contributed by atoms with Gasteiger partial charge in [-0.2, -0.15) is 0 Å². The molecule has 4 nitrogen and oxygen atoms in total. The van der Waals surface area contributed by atoms with Gasteiger partial charge >= 0.3 is 0 Å². The normalized spacial score (nSPS) is 25.8. The smallest absolute Gasteiger partial charge is 0.151 e. The molecule has 2 aliphatic heterocycles. The largest absolute Gasteiger partial charge is 0.325 e. The van der Waals surface area contributed by atoms with Crippen molar-refractivity contribution in [2.24, 2.45) is 26.8 Å². The van der Waals surface area contributed by atoms with Crippen molar-refractivity contribution in [2.75, 3.05) is 0 Å². The molecule has 0 radical (unpaired) electrons. The summed E-state index contributed by atoms with van der Waals surface area (Å²) >= 11 is 0. The second kappa shape index (κ2) is 12.2. The van der Waals surface area contributed by atoms with Gasteiger partial charge in [-0.25, -0.2) is 9.98 Å². The van der Waals surface area contributed by atoms with Gasteiger partial charge in [-0.1, -0.05) is 115 Å². The molecular formula is C46H40N4. The molecule has 10 rings (SSSR count). The van der Waals surface area contributed by atoms with E-state index in [4.69, 9.17) is 15.0 Å². The molecule has 0 spiro atoms. The maximum Gasteiger partial charge on any atom is 0.151 e. The van der Waals surface area contributed by atoms with Gasteiger partial charge in [-0.3, -0.25) is 4.99 Å². The Kier molecular flexibility index (Phi) is 7.22. The standard InChI is InChI=1S/C46H40N4/c1-2-11-31(12-3-1)44-48-45(38-18-10-17-37-34-15-6-4-13-32(34)27-40(37)38)50-46(49-44)39-25-24-36(43-35-16-7-5-14-33(35)28-41(39)43)29-20-22-30(23-21-29)42-19-8-9-26-47-42/h1-2,4-11,13-18,20-22,24,26,30,39,42,46H,3,12,19,23,25,27-28H2,(H,48,49,50). The summed E-state index contributed by atoms with van der Waals surface area (Å²) in [5.41, 5.74) is 16.3. The first-order valence-electron chi connectivity index (χ1n) is 18.4. The molecule has 0 bridgehead atoms. The molecule has 7 aliphatic rings. The van der Waals surface area contributed by atoms with Crippen molar-refractivity contribution in [1.82, 2.24) is 5.32 Å². The van der Waals surface area contributed by atoms with Gasteiger partial charge < -0.3 is 5.32 Å². The summed E-state index contributed by atoms with van der Waals surface area (Å²) in [5.74, 6) is 2.57. The van der Waals surface area contributed by atoms with E-state index in [2.05, 4.69) is 127 Å². The first kappa shape index (κ1) is 29.6. The quantitative estimate of drug-likeness (QED) is 0.230. The molecule has 2 heterocycles. The summed E-state index contributed by atoms with van der Waals surface area (Å²) in [6.07, 6.45) is 29.3. The van der Waals surface area contributed by atoms with Crippen LogP contribution in [0.15, 0.2) is 159 Å². The van der Waals surface area contributed by atoms with E-state index < -0.39 is 0 Å². The van der Waals surface area contributed by atoms with Crippen LogP contribution >= 0.6 is 0 Å². The Balaban J connectivity index is 1.04. The summed E-state index contributed by atoms with van der Waals surface area (Å²) in [5, 5.41) is 3.77. The van der Waals surface area contributed by atoms with Gasteiger partial charge in [-0.05, 0) is 112 Å². The molecule has 1 N–H and O–H groups in total. The number of nitrogens with zero attached hydrogens (tertiary/aromatic N) is 3. The number of rotatable bonds is 5. The Labute approximate surface area is 294 Å². The molecule has 0 aromatic heterocycles. The van der Waals surface area contributed by atoms with Gasteiger partial charge in [0.25, 0.3) is 0 Å². The number of benzene rings is 3. The van der Waals surface area contributed by atoms with E-state index in [1.54, 1.807) is 0 Å². The first-order chi connectivity index (χ1) is 24.8. The molecule has 0 fully saturated rings. The van der Waals surface area contributed by atoms with E-state index in [-0.39, 0.29) is 12.1 Å². The van der Waals surface area contributed by atoms with Crippen LogP contribution in [0.25, 0.3) is 16.7 Å². The van der Waals surface area contributed by atoms with Crippen LogP contribution in [-0.4, -0.2) is 30.1 Å². The van der Waals surface area contributed by atoms with Crippen molar-refractivity contribution in [3.8, 4) is 11.1 Å². The highest BCUT2D eigenvalue weighted by Gasteiger charge is 2.38. The Morgan fingerprint density at radius 3 is 2.34 bits per heavy atom. The highest BCUT2D eigenvalue weighted by molar-refractivity contribution is 6.17. The fourth-order valence-corrected chi connectivity index (χ4v) is 9.11. The van der Waals surface area contributed by atoms with Crippen LogP contribution in [-0.2, 0) is 12.8 Å². The van der Waals surface area contributed by atoms with Gasteiger partial charge in [0, 0.05) is 23.6 Å². The summed E-state index contributed by atoms with van der Waals surface area (Å²) in [7, 11) is 0. The number of aliphatic imine (C=N–C) groups is 3. The van der Waals surface area contributed by atoms with Crippen LogP contribution in [0.2, 0.25) is 0 Å². The van der Waals surface area contributed by atoms with E-state index in [1.165, 1.54) is 66.8 Å². The van der Waals surface area contributed by atoms with Crippen LogP contribution in [0, 0.1) is 11.8 Å². The Bertz CT molecular complexity index is 2250. The monoisotopic (exact) mass is 648 g/mol. The number of dihydropyridines is 1. The molecule has 244 valence electrons. The molecule has 4 atom stereocenters. The second-order valence-corrected chi connectivity index (χ2v) is 14.5. The van der Waals surface area contributed by atoms with Crippen molar-refractivity contribution >= 4 is 23.5 Å². The minimum Gasteiger partial charge on any atom is -0.325 e. The number of hydrogen-bond donors (Lipinski definition) is 1. The fourth-order valence-electron chi connectivity index (χ4n) is 9.11. The van der Waals surface area contributed by atoms with Crippen LogP contribution in [0.3, 0.4) is 0 Å². The average Bonchev–Trinajstić information content (AvgIpc) is 3.77. The van der Waals surface area contributed by atoms with E-state index in [1.807, 2.05) is 6.21 Å². The van der Waals surface area contributed by atoms with E-state index in [0.29, 0.717) is 12.0 Å². The van der Waals surface area contributed by atoms with E-state index in [9.17, 15) is 0 Å². The number of allylic oxidation sites excluding steroid dienone is 10. The zero-order valence-corrected chi connectivity index (χ0v) is 28.2. The van der Waals surface area contributed by atoms with Crippen molar-refractivity contribution < 1.29 is 0 Å². The van der Waals surface area contributed by atoms with Crippen LogP contribution in [0.5, 0.6) is 0 Å². The van der Waals surface area contributed by atoms with Crippen molar-refractivity contribution in [2.45, 2.75) is 57.2 Å². The zero-order valence-electron chi connectivity index (χ0n) is 28.2. The maximum atomic E-state index is 5.55. The number of fused-ring (bicyclic) bond motifs is 5. The van der Waals surface area contributed by atoms with Gasteiger partial charge in [0.2, 0.25) is 0 Å². The van der Waals surface area contributed by atoms with Gasteiger partial charge in [-0.15, -0.1) is 0 Å². The van der Waals surface area contributed by atoms with Crippen molar-refractivity contribution in [3.05, 3.63) is 172 Å². The summed E-state index contributed by atoms with van der Waals surface area (Å²) < 4.78 is 0. The highest BCUT2D eigenvalue weighted by atomic mass is 15.2. The third kappa shape index (κ3) is 5.00. The first-order valence-corrected chi connectivity index (χ1v) is 18.4. The molecule has 0 saturated heterocycles. The fraction of sp³-hybridized carbons (Fsp3) is 0.239. The third-order valence-corrected chi connectivity index (χ3v) is 11.6. The third-order valence-electron chi connectivity index (χ3n) is 11.6. The van der Waals surface area contributed by atoms with Crippen LogP contribution < -0.4 is 5.32 Å². The Morgan fingerprint density at radius 2 is 1.52 bits per heavy atom. The van der Waals surface area contributed by atoms with Crippen LogP contribution in [0.4, 0.5) is 0 Å². The molecule has 0 amide bonds. The average molecular weight is 649 g/mol. The van der Waals surface area contributed by atoms with E-state index in [0.717, 1.165) is 56.6 Å². The molecule has 0 saturated carbocycles. The minimum atomic E-state index is -0.206. The Morgan fingerprint density at radius 1 is 0.700 bits per heavy atom. The maximum absolute atomic E-state index is 5.55. The highest BCUT2D eigenvalue weighted by Crippen LogP contribution is 2.49. The molecule has 3 aromatic rings. The lowest BCUT2D eigenvalue weighted by Crippen LogP contribution is -2.41. The van der Waals surface area contributed by atoms with Gasteiger partial charge in [0.15, 0.2) is 6.17 Å². The molecule has 50 heavy (non-hydrogen) atoms. The molecular weight excluding hydrogens is 609 g/mol. The van der Waals surface area contributed by atoms with E-state index >= 15 is 0 Å². The predicted octanol–water partition coefficient (Wildman–Crippen LogP) is 9.47. The number of nitrogens with one attached hydrogen (secondary N) is 1. The van der Waals surface area contributed by atoms with Gasteiger partial charge in [0.05, 0.1) is 6.04 Å². The number of amidine groups is 2. The molecule has 5 aliphatic carbocycles. The van der Waals surface area contributed by atoms with Crippen molar-refractivity contribution in [1.29, 1.82) is 0 Å². The lowest BCUT2D eigenvalue weighted by atomic mass is 9.77. The lowest BCUT2D eigenvalue weighted by Gasteiger charge is -2.33. The summed E-state index contributed by atoms with van der Waals surface area (Å²) in [4.78, 5) is 15.8. The van der Waals surface area contributed by atoms with Crippen LogP contribution in [0.1, 0.15) is 59.9 Å². The summed E-state index contributed by atoms with van der Waals surface area (Å²) in [6.45, 7) is 0. The second-order valence-electron chi connectivity index (χ2n) is 14.5. The zero-order chi connectivity index (χ0) is 33.0. The topological polar surface area (TPSA) is 49.1 Å². The number of hydrogen-bond acceptors (Lipinski definition) is 4. The minimum absolute atomic E-state index is 0.186. The SMILES string of the molecule is C1=CCCC(C2=NC(C3CC=C(C4=CCC(C5CC=CC=N5)C=C4)C4=C3Cc3ccccc34)N=C(c3cccc4c3Cc3ccccc3-4)N2)=C1. The van der Waals surface area contributed by atoms with Crippen molar-refractivity contribution in [3.63, 3.8) is 0 Å². The Hall–Kier alpha value is -5.35. The molecule has 4 unspecified atom stereocenters. The molecule has 3 aromatic carbocycles. The predicted molar refractivity (Wildman–Crippen MR) is 207 cm³/mol. The van der Waals surface area contributed by atoms with Gasteiger partial charge in [0.1, 0.15) is 11.7 Å². The lowest BCUT2D eigenvalue weighted by molar-refractivity contribution is 0.486.